The minimum atomic E-state index is -3.75. The standard InChI is InChI=1S/C28H35N3O6S2/c1-19(2)16-31(39(33,34)22-8-9-24-26(15-22)38-18-29-24)12-10-21(14-20-6-4-3-5-7-20)30-28(32)37-25-17-36-27-23(25)11-13-35-27/h3-9,15,18-19,21,23,25,27H,10-14,16-17H2,1-2H3,(H,30,32)/t21-,23+,25+,27-/m1/s1. The highest BCUT2D eigenvalue weighted by Crippen LogP contribution is 2.33. The van der Waals surface area contributed by atoms with Gasteiger partial charge < -0.3 is 19.5 Å². The molecule has 0 aliphatic carbocycles. The number of ether oxygens (including phenoxy) is 3. The zero-order chi connectivity index (χ0) is 27.4. The summed E-state index contributed by atoms with van der Waals surface area (Å²) in [4.78, 5) is 17.5. The summed E-state index contributed by atoms with van der Waals surface area (Å²) in [6.45, 7) is 5.53. The minimum absolute atomic E-state index is 0.0471. The Bertz CT molecular complexity index is 1360. The summed E-state index contributed by atoms with van der Waals surface area (Å²) < 4.78 is 46.7. The Hall–Kier alpha value is -2.57. The van der Waals surface area contributed by atoms with Gasteiger partial charge in [-0.1, -0.05) is 44.2 Å². The Morgan fingerprint density at radius 3 is 2.82 bits per heavy atom. The Morgan fingerprint density at radius 1 is 1.21 bits per heavy atom. The highest BCUT2D eigenvalue weighted by molar-refractivity contribution is 7.89. The zero-order valence-corrected chi connectivity index (χ0v) is 23.8. The van der Waals surface area contributed by atoms with Crippen LogP contribution in [0.5, 0.6) is 0 Å². The van der Waals surface area contributed by atoms with Crippen molar-refractivity contribution in [3.05, 3.63) is 59.6 Å². The van der Waals surface area contributed by atoms with Crippen molar-refractivity contribution < 1.29 is 27.4 Å². The Morgan fingerprint density at radius 2 is 2.03 bits per heavy atom. The van der Waals surface area contributed by atoms with Crippen LogP contribution in [-0.2, 0) is 30.7 Å². The predicted molar refractivity (Wildman–Crippen MR) is 149 cm³/mol. The average Bonchev–Trinajstić information content (AvgIpc) is 3.65. The highest BCUT2D eigenvalue weighted by atomic mass is 32.2. The molecular formula is C28H35N3O6S2. The lowest BCUT2D eigenvalue weighted by molar-refractivity contribution is -0.0907. The first-order valence-corrected chi connectivity index (χ1v) is 15.7. The molecule has 2 aliphatic rings. The van der Waals surface area contributed by atoms with Crippen LogP contribution in [0, 0.1) is 11.8 Å². The molecule has 2 saturated heterocycles. The first kappa shape index (κ1) is 28.0. The molecule has 0 bridgehead atoms. The molecule has 39 heavy (non-hydrogen) atoms. The number of carbonyl (C=O) groups is 1. The molecule has 11 heteroatoms. The second kappa shape index (κ2) is 12.3. The van der Waals surface area contributed by atoms with Crippen LogP contribution in [-0.4, -0.2) is 68.5 Å². The number of hydrogen-bond donors (Lipinski definition) is 1. The van der Waals surface area contributed by atoms with Crippen LogP contribution < -0.4 is 5.32 Å². The smallest absolute Gasteiger partial charge is 0.407 e. The maximum Gasteiger partial charge on any atom is 0.407 e. The van der Waals surface area contributed by atoms with Gasteiger partial charge in [0.2, 0.25) is 10.0 Å². The summed E-state index contributed by atoms with van der Waals surface area (Å²) in [7, 11) is -3.75. The van der Waals surface area contributed by atoms with Gasteiger partial charge in [0.05, 0.1) is 39.8 Å². The van der Waals surface area contributed by atoms with E-state index in [9.17, 15) is 13.2 Å². The number of rotatable bonds is 11. The molecule has 2 fully saturated rings. The normalized spacial score (nSPS) is 21.9. The summed E-state index contributed by atoms with van der Waals surface area (Å²) in [6.07, 6.45) is 0.594. The third-order valence-corrected chi connectivity index (χ3v) is 9.78. The van der Waals surface area contributed by atoms with Crippen molar-refractivity contribution in [1.82, 2.24) is 14.6 Å². The van der Waals surface area contributed by atoms with Crippen molar-refractivity contribution in [3.63, 3.8) is 0 Å². The monoisotopic (exact) mass is 573 g/mol. The van der Waals surface area contributed by atoms with E-state index in [2.05, 4.69) is 10.3 Å². The average molecular weight is 574 g/mol. The van der Waals surface area contributed by atoms with Gasteiger partial charge in [-0.3, -0.25) is 0 Å². The Kier molecular flexibility index (Phi) is 8.82. The molecule has 3 aromatic rings. The van der Waals surface area contributed by atoms with Gasteiger partial charge in [0.25, 0.3) is 0 Å². The van der Waals surface area contributed by atoms with Crippen molar-refractivity contribution in [3.8, 4) is 0 Å². The van der Waals surface area contributed by atoms with E-state index in [1.165, 1.54) is 15.6 Å². The molecule has 4 atom stereocenters. The molecule has 1 aromatic heterocycles. The molecule has 0 saturated carbocycles. The van der Waals surface area contributed by atoms with Gasteiger partial charge >= 0.3 is 6.09 Å². The summed E-state index contributed by atoms with van der Waals surface area (Å²) >= 11 is 1.42. The van der Waals surface area contributed by atoms with E-state index in [0.717, 1.165) is 22.2 Å². The molecule has 5 rings (SSSR count). The molecule has 2 aromatic carbocycles. The number of amides is 1. The summed E-state index contributed by atoms with van der Waals surface area (Å²) in [5, 5.41) is 3.01. The maximum absolute atomic E-state index is 13.7. The summed E-state index contributed by atoms with van der Waals surface area (Å²) in [6, 6.07) is 14.6. The molecule has 1 N–H and O–H groups in total. The molecule has 0 unspecified atom stereocenters. The van der Waals surface area contributed by atoms with E-state index in [1.807, 2.05) is 44.2 Å². The van der Waals surface area contributed by atoms with Gasteiger partial charge in [-0.15, -0.1) is 11.3 Å². The topological polar surface area (TPSA) is 107 Å². The molecule has 2 aliphatic heterocycles. The number of benzene rings is 2. The number of nitrogens with one attached hydrogen (secondary N) is 1. The number of thiazole rings is 1. The number of hydrogen-bond acceptors (Lipinski definition) is 8. The van der Waals surface area contributed by atoms with Crippen molar-refractivity contribution in [1.29, 1.82) is 0 Å². The predicted octanol–water partition coefficient (Wildman–Crippen LogP) is 4.43. The number of carbonyl (C=O) groups excluding carboxylic acids is 1. The van der Waals surface area contributed by atoms with Gasteiger partial charge in [0.1, 0.15) is 6.10 Å². The minimum Gasteiger partial charge on any atom is -0.443 e. The second-order valence-corrected chi connectivity index (χ2v) is 13.4. The van der Waals surface area contributed by atoms with Gasteiger partial charge in [-0.2, -0.15) is 4.31 Å². The first-order valence-electron chi connectivity index (χ1n) is 13.4. The van der Waals surface area contributed by atoms with E-state index in [4.69, 9.17) is 14.2 Å². The van der Waals surface area contributed by atoms with Crippen molar-refractivity contribution in [2.24, 2.45) is 11.8 Å². The molecular weight excluding hydrogens is 538 g/mol. The van der Waals surface area contributed by atoms with Crippen LogP contribution in [0.15, 0.2) is 58.9 Å². The fourth-order valence-corrected chi connectivity index (χ4v) is 7.61. The molecule has 1 amide bonds. The van der Waals surface area contributed by atoms with Crippen LogP contribution >= 0.6 is 11.3 Å². The lowest BCUT2D eigenvalue weighted by Gasteiger charge is -2.27. The van der Waals surface area contributed by atoms with E-state index in [0.29, 0.717) is 32.6 Å². The maximum atomic E-state index is 13.7. The molecule has 210 valence electrons. The number of fused-ring (bicyclic) bond motifs is 2. The van der Waals surface area contributed by atoms with E-state index in [-0.39, 0.29) is 41.7 Å². The summed E-state index contributed by atoms with van der Waals surface area (Å²) in [5.41, 5.74) is 3.54. The number of nitrogens with zero attached hydrogens (tertiary/aromatic N) is 2. The Balaban J connectivity index is 1.30. The third-order valence-electron chi connectivity index (χ3n) is 7.13. The number of aromatic nitrogens is 1. The molecule has 3 heterocycles. The van der Waals surface area contributed by atoms with E-state index < -0.39 is 16.1 Å². The van der Waals surface area contributed by atoms with Crippen LogP contribution in [0.4, 0.5) is 4.79 Å². The van der Waals surface area contributed by atoms with Gasteiger partial charge in [-0.25, -0.2) is 18.2 Å². The SMILES string of the molecule is CC(C)CN(CC[C@H](Cc1ccccc1)NC(=O)O[C@H]1CO[C@H]2OCC[C@H]21)S(=O)(=O)c1ccc2ncsc2c1. The first-order chi connectivity index (χ1) is 18.8. The lowest BCUT2D eigenvalue weighted by atomic mass is 10.0. The second-order valence-electron chi connectivity index (χ2n) is 10.5. The van der Waals surface area contributed by atoms with Crippen molar-refractivity contribution in [2.75, 3.05) is 26.3 Å². The molecule has 0 spiro atoms. The van der Waals surface area contributed by atoms with Crippen LogP contribution in [0.25, 0.3) is 10.2 Å². The fraction of sp³-hybridized carbons (Fsp3) is 0.500. The quantitative estimate of drug-likeness (QED) is 0.362. The van der Waals surface area contributed by atoms with Crippen LogP contribution in [0.1, 0.15) is 32.3 Å². The highest BCUT2D eigenvalue weighted by Gasteiger charge is 2.44. The number of alkyl carbamates (subject to hydrolysis) is 1. The van der Waals surface area contributed by atoms with Gasteiger partial charge in [0.15, 0.2) is 6.29 Å². The fourth-order valence-electron chi connectivity index (χ4n) is 5.17. The largest absolute Gasteiger partial charge is 0.443 e. The zero-order valence-electron chi connectivity index (χ0n) is 22.2. The lowest BCUT2D eigenvalue weighted by Crippen LogP contribution is -2.43. The van der Waals surface area contributed by atoms with Gasteiger partial charge in [-0.05, 0) is 48.9 Å². The molecule has 9 nitrogen and oxygen atoms in total. The summed E-state index contributed by atoms with van der Waals surface area (Å²) in [5.74, 6) is 0.173. The third kappa shape index (κ3) is 6.78. The van der Waals surface area contributed by atoms with Crippen LogP contribution in [0.3, 0.4) is 0 Å². The van der Waals surface area contributed by atoms with E-state index >= 15 is 0 Å². The number of sulfonamides is 1. The van der Waals surface area contributed by atoms with E-state index in [1.54, 1.807) is 23.7 Å². The van der Waals surface area contributed by atoms with Crippen molar-refractivity contribution in [2.45, 2.75) is 56.4 Å². The molecule has 0 radical (unpaired) electrons. The Labute approximate surface area is 233 Å². The van der Waals surface area contributed by atoms with Crippen molar-refractivity contribution >= 4 is 37.7 Å². The van der Waals surface area contributed by atoms with Gasteiger partial charge in [0, 0.05) is 19.1 Å². The van der Waals surface area contributed by atoms with Crippen LogP contribution in [0.2, 0.25) is 0 Å².